The van der Waals surface area contributed by atoms with Crippen molar-refractivity contribution in [3.8, 4) is 11.4 Å². The Bertz CT molecular complexity index is 699. The van der Waals surface area contributed by atoms with E-state index in [9.17, 15) is 4.79 Å². The molecule has 1 aliphatic rings. The van der Waals surface area contributed by atoms with Crippen LogP contribution in [0.4, 0.5) is 0 Å². The summed E-state index contributed by atoms with van der Waals surface area (Å²) in [6.45, 7) is 4.05. The number of rotatable bonds is 4. The SMILES string of the molecule is Cc1nnc(-c2ccc(CC(=O)NC3CCCC(C)CC3)cc2)nn1. The molecule has 3 rings (SSSR count). The molecule has 1 amide bonds. The van der Waals surface area contributed by atoms with E-state index in [-0.39, 0.29) is 5.91 Å². The van der Waals surface area contributed by atoms with Crippen LogP contribution in [0.3, 0.4) is 0 Å². The molecule has 2 aromatic rings. The Hall–Kier alpha value is -2.37. The predicted octanol–water partition coefficient (Wildman–Crippen LogP) is 2.87. The minimum absolute atomic E-state index is 0.0993. The Morgan fingerprint density at radius 1 is 1.04 bits per heavy atom. The maximum Gasteiger partial charge on any atom is 0.224 e. The summed E-state index contributed by atoms with van der Waals surface area (Å²) in [4.78, 5) is 12.3. The van der Waals surface area contributed by atoms with Gasteiger partial charge in [-0.1, -0.05) is 44.0 Å². The molecule has 1 N–H and O–H groups in total. The van der Waals surface area contributed by atoms with Crippen molar-refractivity contribution in [3.63, 3.8) is 0 Å². The molecule has 2 atom stereocenters. The summed E-state index contributed by atoms with van der Waals surface area (Å²) in [6.07, 6.45) is 6.28. The number of carbonyl (C=O) groups excluding carboxylic acids is 1. The molecule has 6 heteroatoms. The normalized spacial score (nSPS) is 20.7. The van der Waals surface area contributed by atoms with Gasteiger partial charge in [-0.3, -0.25) is 4.79 Å². The van der Waals surface area contributed by atoms with Crippen molar-refractivity contribution in [2.75, 3.05) is 0 Å². The van der Waals surface area contributed by atoms with E-state index in [0.717, 1.165) is 29.9 Å². The molecule has 0 bridgehead atoms. The maximum atomic E-state index is 12.3. The third kappa shape index (κ3) is 5.05. The van der Waals surface area contributed by atoms with Crippen LogP contribution in [-0.4, -0.2) is 32.3 Å². The van der Waals surface area contributed by atoms with Crippen LogP contribution < -0.4 is 5.32 Å². The molecule has 0 aliphatic heterocycles. The number of hydrogen-bond acceptors (Lipinski definition) is 5. The first-order valence-electron chi connectivity index (χ1n) is 9.03. The van der Waals surface area contributed by atoms with Crippen molar-refractivity contribution in [1.82, 2.24) is 25.7 Å². The summed E-state index contributed by atoms with van der Waals surface area (Å²) in [6, 6.07) is 8.02. The van der Waals surface area contributed by atoms with E-state index >= 15 is 0 Å². The Balaban J connectivity index is 1.55. The predicted molar refractivity (Wildman–Crippen MR) is 95.7 cm³/mol. The lowest BCUT2D eigenvalue weighted by atomic mass is 10.0. The standard InChI is InChI=1S/C19H25N5O/c1-13-4-3-5-17(11-6-13)20-18(25)12-15-7-9-16(10-8-15)19-23-21-14(2)22-24-19/h7-10,13,17H,3-6,11-12H2,1-2H3,(H,20,25). The molecular formula is C19H25N5O. The lowest BCUT2D eigenvalue weighted by Crippen LogP contribution is -2.35. The topological polar surface area (TPSA) is 80.7 Å². The highest BCUT2D eigenvalue weighted by molar-refractivity contribution is 5.79. The van der Waals surface area contributed by atoms with E-state index in [2.05, 4.69) is 32.6 Å². The summed E-state index contributed by atoms with van der Waals surface area (Å²) in [5.74, 6) is 1.92. The van der Waals surface area contributed by atoms with Gasteiger partial charge in [-0.2, -0.15) is 0 Å². The van der Waals surface area contributed by atoms with E-state index in [1.54, 1.807) is 6.92 Å². The maximum absolute atomic E-state index is 12.3. The smallest absolute Gasteiger partial charge is 0.224 e. The molecule has 0 spiro atoms. The third-order valence-electron chi connectivity index (χ3n) is 4.78. The van der Waals surface area contributed by atoms with Gasteiger partial charge >= 0.3 is 0 Å². The van der Waals surface area contributed by atoms with Crippen molar-refractivity contribution >= 4 is 5.91 Å². The fraction of sp³-hybridized carbons (Fsp3) is 0.526. The second-order valence-corrected chi connectivity index (χ2v) is 7.02. The Morgan fingerprint density at radius 2 is 1.76 bits per heavy atom. The van der Waals surface area contributed by atoms with Crippen LogP contribution in [0.2, 0.25) is 0 Å². The Morgan fingerprint density at radius 3 is 2.48 bits per heavy atom. The number of benzene rings is 1. The van der Waals surface area contributed by atoms with Gasteiger partial charge in [0.05, 0.1) is 6.42 Å². The number of amides is 1. The van der Waals surface area contributed by atoms with Crippen molar-refractivity contribution in [2.24, 2.45) is 5.92 Å². The lowest BCUT2D eigenvalue weighted by Gasteiger charge is -2.16. The second kappa shape index (κ2) is 8.14. The molecule has 25 heavy (non-hydrogen) atoms. The highest BCUT2D eigenvalue weighted by Crippen LogP contribution is 2.22. The average Bonchev–Trinajstić information content (AvgIpc) is 2.81. The number of aromatic nitrogens is 4. The van der Waals surface area contributed by atoms with E-state index in [0.29, 0.717) is 24.1 Å². The van der Waals surface area contributed by atoms with Gasteiger partial charge in [0.15, 0.2) is 5.82 Å². The van der Waals surface area contributed by atoms with Crippen LogP contribution in [0.5, 0.6) is 0 Å². The number of hydrogen-bond donors (Lipinski definition) is 1. The minimum atomic E-state index is 0.0993. The number of nitrogens with zero attached hydrogens (tertiary/aromatic N) is 4. The molecule has 1 aliphatic carbocycles. The first-order chi connectivity index (χ1) is 12.1. The second-order valence-electron chi connectivity index (χ2n) is 7.02. The molecule has 1 heterocycles. The highest BCUT2D eigenvalue weighted by Gasteiger charge is 2.18. The summed E-state index contributed by atoms with van der Waals surface area (Å²) < 4.78 is 0. The minimum Gasteiger partial charge on any atom is -0.353 e. The monoisotopic (exact) mass is 339 g/mol. The van der Waals surface area contributed by atoms with Crippen LogP contribution >= 0.6 is 0 Å². The largest absolute Gasteiger partial charge is 0.353 e. The zero-order valence-corrected chi connectivity index (χ0v) is 14.9. The average molecular weight is 339 g/mol. The van der Waals surface area contributed by atoms with Crippen LogP contribution in [-0.2, 0) is 11.2 Å². The van der Waals surface area contributed by atoms with Gasteiger partial charge in [0.2, 0.25) is 11.7 Å². The summed E-state index contributed by atoms with van der Waals surface area (Å²) in [7, 11) is 0. The number of aryl methyl sites for hydroxylation is 1. The molecule has 1 aromatic heterocycles. The van der Waals surface area contributed by atoms with Gasteiger partial charge in [-0.25, -0.2) is 0 Å². The molecule has 132 valence electrons. The van der Waals surface area contributed by atoms with E-state index in [1.807, 2.05) is 24.3 Å². The van der Waals surface area contributed by atoms with Gasteiger partial charge < -0.3 is 5.32 Å². The molecule has 0 radical (unpaired) electrons. The lowest BCUT2D eigenvalue weighted by molar-refractivity contribution is -0.121. The first-order valence-corrected chi connectivity index (χ1v) is 9.03. The molecule has 6 nitrogen and oxygen atoms in total. The highest BCUT2D eigenvalue weighted by atomic mass is 16.1. The Kier molecular flexibility index (Phi) is 5.68. The zero-order valence-electron chi connectivity index (χ0n) is 14.9. The van der Waals surface area contributed by atoms with Gasteiger partial charge in [-0.05, 0) is 37.7 Å². The first kappa shape index (κ1) is 17.5. The van der Waals surface area contributed by atoms with Crippen LogP contribution in [0.1, 0.15) is 50.4 Å². The van der Waals surface area contributed by atoms with E-state index < -0.39 is 0 Å². The fourth-order valence-corrected chi connectivity index (χ4v) is 3.26. The summed E-state index contributed by atoms with van der Waals surface area (Å²) >= 11 is 0. The number of nitrogens with one attached hydrogen (secondary N) is 1. The zero-order chi connectivity index (χ0) is 17.6. The van der Waals surface area contributed by atoms with Crippen molar-refractivity contribution in [3.05, 3.63) is 35.7 Å². The van der Waals surface area contributed by atoms with Crippen molar-refractivity contribution < 1.29 is 4.79 Å². The summed E-state index contributed by atoms with van der Waals surface area (Å²) in [5.41, 5.74) is 1.83. The number of carbonyl (C=O) groups is 1. The fourth-order valence-electron chi connectivity index (χ4n) is 3.26. The van der Waals surface area contributed by atoms with Gasteiger partial charge in [0.1, 0.15) is 0 Å². The molecule has 0 saturated heterocycles. The third-order valence-corrected chi connectivity index (χ3v) is 4.78. The van der Waals surface area contributed by atoms with Crippen LogP contribution in [0, 0.1) is 12.8 Å². The van der Waals surface area contributed by atoms with E-state index in [4.69, 9.17) is 0 Å². The molecule has 2 unspecified atom stereocenters. The van der Waals surface area contributed by atoms with Crippen LogP contribution in [0.25, 0.3) is 11.4 Å². The van der Waals surface area contributed by atoms with Gasteiger partial charge in [0, 0.05) is 11.6 Å². The quantitative estimate of drug-likeness (QED) is 0.866. The van der Waals surface area contributed by atoms with Crippen molar-refractivity contribution in [1.29, 1.82) is 0 Å². The molecular weight excluding hydrogens is 314 g/mol. The van der Waals surface area contributed by atoms with Gasteiger partial charge in [0.25, 0.3) is 0 Å². The molecule has 1 aromatic carbocycles. The molecule has 1 fully saturated rings. The molecule has 1 saturated carbocycles. The van der Waals surface area contributed by atoms with Crippen molar-refractivity contribution in [2.45, 2.75) is 58.4 Å². The summed E-state index contributed by atoms with van der Waals surface area (Å²) in [5, 5.41) is 19.1. The Labute approximate surface area is 148 Å². The van der Waals surface area contributed by atoms with Gasteiger partial charge in [-0.15, -0.1) is 20.4 Å². The van der Waals surface area contributed by atoms with E-state index in [1.165, 1.54) is 19.3 Å². The van der Waals surface area contributed by atoms with Crippen LogP contribution in [0.15, 0.2) is 24.3 Å².